The number of hydrogen-bond acceptors (Lipinski definition) is 7. The van der Waals surface area contributed by atoms with Gasteiger partial charge in [-0.2, -0.15) is 0 Å². The molecule has 158 valence electrons. The molecule has 0 atom stereocenters. The van der Waals surface area contributed by atoms with E-state index < -0.39 is 5.91 Å². The first-order valence-electron chi connectivity index (χ1n) is 10.3. The van der Waals surface area contributed by atoms with Crippen molar-refractivity contribution in [1.82, 2.24) is 24.1 Å². The molecule has 1 aliphatic rings. The number of nitrogens with zero attached hydrogens (tertiary/aromatic N) is 5. The number of anilines is 1. The fraction of sp³-hybridized carbons (Fsp3) is 0.333. The van der Waals surface area contributed by atoms with E-state index in [1.807, 2.05) is 6.07 Å². The van der Waals surface area contributed by atoms with E-state index in [4.69, 9.17) is 10.4 Å². The van der Waals surface area contributed by atoms with Crippen molar-refractivity contribution in [3.63, 3.8) is 0 Å². The van der Waals surface area contributed by atoms with Crippen molar-refractivity contribution < 1.29 is 4.79 Å². The number of nitrogens with one attached hydrogen (secondary N) is 2. The lowest BCUT2D eigenvalue weighted by atomic mass is 9.94. The van der Waals surface area contributed by atoms with Gasteiger partial charge in [0.1, 0.15) is 21.8 Å². The predicted molar refractivity (Wildman–Crippen MR) is 118 cm³/mol. The highest BCUT2D eigenvalue weighted by Gasteiger charge is 2.24. The lowest BCUT2D eigenvalue weighted by molar-refractivity contribution is 0.102. The lowest BCUT2D eigenvalue weighted by Crippen LogP contribution is -2.35. The average molecular weight is 436 g/mol. The monoisotopic (exact) mass is 435 g/mol. The molecule has 5 rings (SSSR count). The zero-order valence-electron chi connectivity index (χ0n) is 17.0. The van der Waals surface area contributed by atoms with Crippen LogP contribution in [0.15, 0.2) is 35.3 Å². The first-order valence-corrected chi connectivity index (χ1v) is 11.1. The Morgan fingerprint density at radius 3 is 2.77 bits per heavy atom. The van der Waals surface area contributed by atoms with E-state index in [0.29, 0.717) is 21.8 Å². The number of fused-ring (bicyclic) bond motifs is 2. The summed E-state index contributed by atoms with van der Waals surface area (Å²) in [6.07, 6.45) is 6.69. The normalized spacial score (nSPS) is 14.9. The van der Waals surface area contributed by atoms with Gasteiger partial charge in [0.15, 0.2) is 0 Å². The standard InChI is InChI=1S/C21H21N7O2S/c1-12-25-26-21(31-12)24-19(29)14-11-15-18(23-16-9-5-6-10-27(16)20(15)30)28(17(14)22)13-7-3-2-4-8-13/h5-6,9-11,13,22H,2-4,7-8H2,1H3,(H,24,26,29). The molecule has 1 amide bonds. The number of amides is 1. The molecule has 1 fully saturated rings. The molecule has 0 saturated heterocycles. The molecule has 0 aromatic carbocycles. The van der Waals surface area contributed by atoms with E-state index in [0.717, 1.165) is 37.1 Å². The minimum Gasteiger partial charge on any atom is -0.307 e. The number of rotatable bonds is 3. The van der Waals surface area contributed by atoms with Crippen LogP contribution in [0.3, 0.4) is 0 Å². The Hall–Kier alpha value is -3.40. The molecule has 4 heterocycles. The molecule has 0 unspecified atom stereocenters. The van der Waals surface area contributed by atoms with Crippen molar-refractivity contribution in [2.24, 2.45) is 0 Å². The summed E-state index contributed by atoms with van der Waals surface area (Å²) >= 11 is 1.26. The van der Waals surface area contributed by atoms with E-state index in [1.165, 1.54) is 21.8 Å². The van der Waals surface area contributed by atoms with E-state index in [9.17, 15) is 9.59 Å². The van der Waals surface area contributed by atoms with Gasteiger partial charge >= 0.3 is 0 Å². The topological polar surface area (TPSA) is 118 Å². The molecule has 9 nitrogen and oxygen atoms in total. The van der Waals surface area contributed by atoms with Crippen LogP contribution in [0.5, 0.6) is 0 Å². The SMILES string of the molecule is Cc1nnc(NC(=O)c2cc3c(=O)n4ccccc4nc3n(C3CCCCC3)c2=N)s1. The van der Waals surface area contributed by atoms with Crippen LogP contribution < -0.4 is 16.4 Å². The smallest absolute Gasteiger partial charge is 0.267 e. The van der Waals surface area contributed by atoms with Crippen LogP contribution in [-0.2, 0) is 0 Å². The molecule has 4 aromatic heterocycles. The zero-order valence-corrected chi connectivity index (χ0v) is 17.8. The van der Waals surface area contributed by atoms with Gasteiger partial charge in [-0.05, 0) is 38.0 Å². The molecular formula is C21H21N7O2S. The Morgan fingerprint density at radius 2 is 2.03 bits per heavy atom. The molecule has 4 aromatic rings. The van der Waals surface area contributed by atoms with Crippen molar-refractivity contribution in [2.75, 3.05) is 5.32 Å². The highest BCUT2D eigenvalue weighted by molar-refractivity contribution is 7.15. The number of carbonyl (C=O) groups excluding carboxylic acids is 1. The van der Waals surface area contributed by atoms with Gasteiger partial charge in [-0.1, -0.05) is 36.7 Å². The summed E-state index contributed by atoms with van der Waals surface area (Å²) < 4.78 is 3.25. The summed E-state index contributed by atoms with van der Waals surface area (Å²) in [6.45, 7) is 1.80. The molecule has 0 radical (unpaired) electrons. The Morgan fingerprint density at radius 1 is 1.23 bits per heavy atom. The molecule has 0 aliphatic heterocycles. The fourth-order valence-corrected chi connectivity index (χ4v) is 4.82. The number of carbonyl (C=O) groups is 1. The number of hydrogen-bond donors (Lipinski definition) is 2. The molecule has 1 aliphatic carbocycles. The third-order valence-electron chi connectivity index (χ3n) is 5.69. The molecule has 0 spiro atoms. The summed E-state index contributed by atoms with van der Waals surface area (Å²) in [5.41, 5.74) is 0.902. The first kappa shape index (κ1) is 19.6. The Labute approximate surface area is 180 Å². The molecule has 0 bridgehead atoms. The zero-order chi connectivity index (χ0) is 21.5. The van der Waals surface area contributed by atoms with Crippen molar-refractivity contribution in [3.8, 4) is 0 Å². The Kier molecular flexibility index (Phi) is 4.85. The summed E-state index contributed by atoms with van der Waals surface area (Å²) in [5, 5.41) is 20.8. The van der Waals surface area contributed by atoms with Crippen molar-refractivity contribution in [2.45, 2.75) is 45.1 Å². The number of pyridine rings is 2. The highest BCUT2D eigenvalue weighted by Crippen LogP contribution is 2.29. The quantitative estimate of drug-likeness (QED) is 0.480. The van der Waals surface area contributed by atoms with Crippen molar-refractivity contribution >= 4 is 39.1 Å². The summed E-state index contributed by atoms with van der Waals surface area (Å²) in [6, 6.07) is 6.87. The van der Waals surface area contributed by atoms with E-state index in [2.05, 4.69) is 15.5 Å². The maximum atomic E-state index is 13.3. The second-order valence-corrected chi connectivity index (χ2v) is 8.91. The largest absolute Gasteiger partial charge is 0.307 e. The molecule has 1 saturated carbocycles. The molecule has 10 heteroatoms. The summed E-state index contributed by atoms with van der Waals surface area (Å²) in [5.74, 6) is -0.481. The highest BCUT2D eigenvalue weighted by atomic mass is 32.1. The van der Waals surface area contributed by atoms with Crippen LogP contribution in [-0.4, -0.2) is 30.1 Å². The predicted octanol–water partition coefficient (Wildman–Crippen LogP) is 3.05. The minimum atomic E-state index is -0.481. The van der Waals surface area contributed by atoms with E-state index >= 15 is 0 Å². The van der Waals surface area contributed by atoms with Crippen LogP contribution in [0.1, 0.15) is 53.5 Å². The van der Waals surface area contributed by atoms with Gasteiger partial charge in [0.2, 0.25) is 5.13 Å². The average Bonchev–Trinajstić information content (AvgIpc) is 3.18. The maximum Gasteiger partial charge on any atom is 0.267 e. The van der Waals surface area contributed by atoms with Crippen molar-refractivity contribution in [3.05, 3.63) is 56.9 Å². The first-order chi connectivity index (χ1) is 15.0. The van der Waals surface area contributed by atoms with Crippen LogP contribution in [0.4, 0.5) is 5.13 Å². The van der Waals surface area contributed by atoms with Gasteiger partial charge in [-0.25, -0.2) is 4.98 Å². The lowest BCUT2D eigenvalue weighted by Gasteiger charge is -2.26. The second-order valence-electron chi connectivity index (χ2n) is 7.73. The Balaban J connectivity index is 1.76. The van der Waals surface area contributed by atoms with Crippen molar-refractivity contribution in [1.29, 1.82) is 5.41 Å². The van der Waals surface area contributed by atoms with Crippen LogP contribution in [0.25, 0.3) is 16.7 Å². The fourth-order valence-electron chi connectivity index (χ4n) is 4.23. The van der Waals surface area contributed by atoms with Gasteiger partial charge in [0.25, 0.3) is 11.5 Å². The molecular weight excluding hydrogens is 414 g/mol. The van der Waals surface area contributed by atoms with E-state index in [-0.39, 0.29) is 22.7 Å². The molecule has 2 N–H and O–H groups in total. The van der Waals surface area contributed by atoms with E-state index in [1.54, 1.807) is 29.8 Å². The van der Waals surface area contributed by atoms with Gasteiger partial charge in [0.05, 0.1) is 10.9 Å². The molecule has 31 heavy (non-hydrogen) atoms. The van der Waals surface area contributed by atoms with Crippen LogP contribution in [0, 0.1) is 12.3 Å². The summed E-state index contributed by atoms with van der Waals surface area (Å²) in [4.78, 5) is 31.0. The third-order valence-corrected chi connectivity index (χ3v) is 6.45. The number of aryl methyl sites for hydroxylation is 1. The summed E-state index contributed by atoms with van der Waals surface area (Å²) in [7, 11) is 0. The number of aromatic nitrogens is 5. The van der Waals surface area contributed by atoms with Crippen LogP contribution in [0.2, 0.25) is 0 Å². The Bertz CT molecular complexity index is 1430. The van der Waals surface area contributed by atoms with Gasteiger partial charge in [-0.3, -0.25) is 24.7 Å². The van der Waals surface area contributed by atoms with Crippen LogP contribution >= 0.6 is 11.3 Å². The maximum absolute atomic E-state index is 13.3. The van der Waals surface area contributed by atoms with Gasteiger partial charge < -0.3 is 4.57 Å². The second kappa shape index (κ2) is 7.69. The van der Waals surface area contributed by atoms with Gasteiger partial charge in [0, 0.05) is 12.2 Å². The third kappa shape index (κ3) is 3.42. The minimum absolute atomic E-state index is 0.0262. The van der Waals surface area contributed by atoms with Gasteiger partial charge in [-0.15, -0.1) is 10.2 Å².